The van der Waals surface area contributed by atoms with Gasteiger partial charge in [-0.15, -0.1) is 22.4 Å². The summed E-state index contributed by atoms with van der Waals surface area (Å²) in [5, 5.41) is 12.4. The Bertz CT molecular complexity index is 1250. The normalized spacial score (nSPS) is 13.2. The highest BCUT2D eigenvalue weighted by Crippen LogP contribution is 2.30. The zero-order valence-electron chi connectivity index (χ0n) is 18.1. The minimum Gasteiger partial charge on any atom is -0.266 e. The number of halogens is 1. The molecule has 166 valence electrons. The molecule has 1 aliphatic rings. The van der Waals surface area contributed by atoms with Crippen LogP contribution < -0.4 is 11.1 Å². The fourth-order valence-corrected chi connectivity index (χ4v) is 4.90. The monoisotopic (exact) mass is 518 g/mol. The van der Waals surface area contributed by atoms with Gasteiger partial charge in [-0.1, -0.05) is 76.1 Å². The van der Waals surface area contributed by atoms with E-state index in [-0.39, 0.29) is 0 Å². The van der Waals surface area contributed by atoms with Crippen LogP contribution in [0, 0.1) is 6.92 Å². The van der Waals surface area contributed by atoms with E-state index in [0.717, 1.165) is 32.3 Å². The highest BCUT2D eigenvalue weighted by atomic mass is 79.9. The van der Waals surface area contributed by atoms with Gasteiger partial charge in [-0.25, -0.2) is 10.2 Å². The molecule has 5 rings (SSSR count). The highest BCUT2D eigenvalue weighted by molar-refractivity contribution is 9.10. The number of benzene rings is 3. The number of rotatable bonds is 7. The molecular formula is C25H23BrN6S. The second-order valence-electron chi connectivity index (χ2n) is 7.76. The summed E-state index contributed by atoms with van der Waals surface area (Å²) in [5.74, 6) is 1.65. The molecule has 0 radical (unpaired) electrons. The Kier molecular flexibility index (Phi) is 6.48. The van der Waals surface area contributed by atoms with Crippen LogP contribution in [0.4, 0.5) is 0 Å². The molecule has 2 heterocycles. The lowest BCUT2D eigenvalue weighted by Crippen LogP contribution is -2.40. The maximum Gasteiger partial charge on any atom is 0.177 e. The Balaban J connectivity index is 1.47. The second-order valence-corrected chi connectivity index (χ2v) is 9.64. The maximum absolute atomic E-state index is 4.75. The van der Waals surface area contributed by atoms with Gasteiger partial charge < -0.3 is 0 Å². The lowest BCUT2D eigenvalue weighted by atomic mass is 10.2. The van der Waals surface area contributed by atoms with Crippen molar-refractivity contribution < 1.29 is 0 Å². The van der Waals surface area contributed by atoms with E-state index in [1.807, 2.05) is 34.1 Å². The van der Waals surface area contributed by atoms with Crippen molar-refractivity contribution in [2.24, 2.45) is 5.10 Å². The third kappa shape index (κ3) is 4.98. The second kappa shape index (κ2) is 9.82. The van der Waals surface area contributed by atoms with Crippen molar-refractivity contribution in [1.82, 2.24) is 25.9 Å². The number of nitrogens with one attached hydrogen (secondary N) is 2. The van der Waals surface area contributed by atoms with Gasteiger partial charge >= 0.3 is 0 Å². The van der Waals surface area contributed by atoms with E-state index >= 15 is 0 Å². The zero-order valence-corrected chi connectivity index (χ0v) is 20.5. The molecule has 0 spiro atoms. The van der Waals surface area contributed by atoms with E-state index in [9.17, 15) is 0 Å². The van der Waals surface area contributed by atoms with E-state index in [2.05, 4.69) is 99.7 Å². The lowest BCUT2D eigenvalue weighted by Gasteiger charge is -2.19. The standard InChI is InChI=1S/C25H23BrN6S/c1-18-7-13-22(14-8-18)32-25(33-17-20-5-3-2-4-6-20)23(15-27-32)24-28-29-30-31(24)16-19-9-11-21(26)12-10-19/h2-15,29-30H,16-17H2,1H3. The number of aryl methyl sites for hydroxylation is 1. The first kappa shape index (κ1) is 21.8. The molecule has 3 aromatic carbocycles. The highest BCUT2D eigenvalue weighted by Gasteiger charge is 2.25. The van der Waals surface area contributed by atoms with Gasteiger partial charge in [-0.2, -0.15) is 5.10 Å². The number of aromatic nitrogens is 2. The van der Waals surface area contributed by atoms with Gasteiger partial charge in [0.2, 0.25) is 0 Å². The van der Waals surface area contributed by atoms with Gasteiger partial charge in [0.25, 0.3) is 0 Å². The summed E-state index contributed by atoms with van der Waals surface area (Å²) in [6.45, 7) is 2.76. The van der Waals surface area contributed by atoms with Crippen molar-refractivity contribution in [2.75, 3.05) is 0 Å². The molecule has 0 unspecified atom stereocenters. The molecular weight excluding hydrogens is 496 g/mol. The lowest BCUT2D eigenvalue weighted by molar-refractivity contribution is 0.288. The summed E-state index contributed by atoms with van der Waals surface area (Å²) in [4.78, 5) is 0. The van der Waals surface area contributed by atoms with Gasteiger partial charge in [0.15, 0.2) is 5.84 Å². The summed E-state index contributed by atoms with van der Waals surface area (Å²) < 4.78 is 3.06. The average Bonchev–Trinajstić information content (AvgIpc) is 3.47. The first-order valence-corrected chi connectivity index (χ1v) is 12.4. The Morgan fingerprint density at radius 3 is 2.42 bits per heavy atom. The van der Waals surface area contributed by atoms with E-state index in [0.29, 0.717) is 6.54 Å². The fraction of sp³-hybridized carbons (Fsp3) is 0.120. The summed E-state index contributed by atoms with van der Waals surface area (Å²) in [7, 11) is 0. The molecule has 4 aromatic rings. The van der Waals surface area contributed by atoms with E-state index < -0.39 is 0 Å². The Morgan fingerprint density at radius 2 is 1.67 bits per heavy atom. The minimum atomic E-state index is 0.664. The predicted molar refractivity (Wildman–Crippen MR) is 137 cm³/mol. The smallest absolute Gasteiger partial charge is 0.177 e. The van der Waals surface area contributed by atoms with Crippen LogP contribution in [0.1, 0.15) is 22.3 Å². The van der Waals surface area contributed by atoms with Crippen LogP contribution in [-0.2, 0) is 12.3 Å². The quantitative estimate of drug-likeness (QED) is 0.320. The summed E-state index contributed by atoms with van der Waals surface area (Å²) in [6.07, 6.45) is 1.90. The first-order valence-electron chi connectivity index (χ1n) is 10.6. The number of amidine groups is 1. The number of hydrogen-bond acceptors (Lipinski definition) is 6. The van der Waals surface area contributed by atoms with Crippen molar-refractivity contribution in [2.45, 2.75) is 24.2 Å². The molecule has 8 heteroatoms. The Morgan fingerprint density at radius 1 is 0.909 bits per heavy atom. The molecule has 33 heavy (non-hydrogen) atoms. The SMILES string of the molecule is Cc1ccc(-n2ncc(C3=NNNN3Cc3ccc(Br)cc3)c2SCc2ccccc2)cc1. The van der Waals surface area contributed by atoms with Crippen LogP contribution in [0.2, 0.25) is 0 Å². The van der Waals surface area contributed by atoms with Crippen LogP contribution in [0.5, 0.6) is 0 Å². The molecule has 0 atom stereocenters. The van der Waals surface area contributed by atoms with Crippen LogP contribution in [-0.4, -0.2) is 20.6 Å². The molecule has 0 aliphatic carbocycles. The van der Waals surface area contributed by atoms with Crippen LogP contribution in [0.25, 0.3) is 5.69 Å². The molecule has 0 fully saturated rings. The van der Waals surface area contributed by atoms with Crippen molar-refractivity contribution in [1.29, 1.82) is 0 Å². The Labute approximate surface area is 205 Å². The minimum absolute atomic E-state index is 0.664. The third-order valence-electron chi connectivity index (χ3n) is 5.32. The third-order valence-corrected chi connectivity index (χ3v) is 6.99. The van der Waals surface area contributed by atoms with Gasteiger partial charge in [0.1, 0.15) is 5.03 Å². The maximum atomic E-state index is 4.75. The molecule has 0 amide bonds. The first-order chi connectivity index (χ1) is 16.2. The number of nitrogens with zero attached hydrogens (tertiary/aromatic N) is 4. The van der Waals surface area contributed by atoms with Gasteiger partial charge in [0, 0.05) is 10.2 Å². The predicted octanol–water partition coefficient (Wildman–Crippen LogP) is 5.42. The molecule has 1 aromatic heterocycles. The van der Waals surface area contributed by atoms with E-state index in [1.54, 1.807) is 11.8 Å². The van der Waals surface area contributed by atoms with Crippen molar-refractivity contribution >= 4 is 33.5 Å². The summed E-state index contributed by atoms with van der Waals surface area (Å²) >= 11 is 5.26. The van der Waals surface area contributed by atoms with Crippen LogP contribution in [0.3, 0.4) is 0 Å². The van der Waals surface area contributed by atoms with Crippen molar-refractivity contribution in [3.63, 3.8) is 0 Å². The summed E-state index contributed by atoms with van der Waals surface area (Å²) in [6, 6.07) is 27.2. The molecule has 0 saturated carbocycles. The van der Waals surface area contributed by atoms with Crippen molar-refractivity contribution in [3.05, 3.63) is 112 Å². The van der Waals surface area contributed by atoms with Crippen LogP contribution >= 0.6 is 27.7 Å². The molecule has 2 N–H and O–H groups in total. The van der Waals surface area contributed by atoms with E-state index in [1.165, 1.54) is 16.7 Å². The average molecular weight is 519 g/mol. The number of hydrazine groups is 2. The van der Waals surface area contributed by atoms with Gasteiger partial charge in [0.05, 0.1) is 24.0 Å². The number of hydrazone groups is 1. The number of thioether (sulfide) groups is 1. The molecule has 0 bridgehead atoms. The van der Waals surface area contributed by atoms with Crippen molar-refractivity contribution in [3.8, 4) is 5.69 Å². The Hall–Kier alpha value is -3.07. The molecule has 6 nitrogen and oxygen atoms in total. The van der Waals surface area contributed by atoms with Gasteiger partial charge in [-0.05, 0) is 42.3 Å². The zero-order chi connectivity index (χ0) is 22.6. The number of hydrogen-bond donors (Lipinski definition) is 2. The topological polar surface area (TPSA) is 57.5 Å². The van der Waals surface area contributed by atoms with Gasteiger partial charge in [-0.3, -0.25) is 5.01 Å². The summed E-state index contributed by atoms with van der Waals surface area (Å²) in [5.41, 5.74) is 11.7. The van der Waals surface area contributed by atoms with E-state index in [4.69, 9.17) is 5.10 Å². The largest absolute Gasteiger partial charge is 0.266 e. The molecule has 1 aliphatic heterocycles. The fourth-order valence-electron chi connectivity index (χ4n) is 3.57. The van der Waals surface area contributed by atoms with Crippen LogP contribution in [0.15, 0.2) is 99.7 Å². The molecule has 0 saturated heterocycles.